The van der Waals surface area contributed by atoms with E-state index in [-0.39, 0.29) is 0 Å². The van der Waals surface area contributed by atoms with Gasteiger partial charge in [0.2, 0.25) is 0 Å². The van der Waals surface area contributed by atoms with Crippen LogP contribution in [0.25, 0.3) is 0 Å². The summed E-state index contributed by atoms with van der Waals surface area (Å²) in [6.45, 7) is 2.94. The average Bonchev–Trinajstić information content (AvgIpc) is 2.75. The Morgan fingerprint density at radius 2 is 2.25 bits per heavy atom. The van der Waals surface area contributed by atoms with Crippen molar-refractivity contribution in [3.8, 4) is 0 Å². The highest BCUT2D eigenvalue weighted by Gasteiger charge is 2.14. The van der Waals surface area contributed by atoms with Gasteiger partial charge < -0.3 is 10.6 Å². The Labute approximate surface area is 76.2 Å². The third-order valence-electron chi connectivity index (χ3n) is 2.12. The standard InChI is InChI=1S/C8H13N3S/c9-5-7-6-10-8(12-7)11-3-1-2-4-11/h6H,1-5,9H2. The van der Waals surface area contributed by atoms with Crippen LogP contribution in [-0.4, -0.2) is 18.1 Å². The zero-order valence-corrected chi connectivity index (χ0v) is 7.81. The van der Waals surface area contributed by atoms with Crippen LogP contribution < -0.4 is 10.6 Å². The molecule has 0 bridgehead atoms. The molecule has 2 N–H and O–H groups in total. The first-order valence-corrected chi connectivity index (χ1v) is 5.11. The molecule has 1 saturated heterocycles. The maximum atomic E-state index is 5.51. The van der Waals surface area contributed by atoms with Gasteiger partial charge in [-0.25, -0.2) is 4.98 Å². The van der Waals surface area contributed by atoms with Crippen LogP contribution in [0.3, 0.4) is 0 Å². The topological polar surface area (TPSA) is 42.1 Å². The molecule has 0 saturated carbocycles. The number of rotatable bonds is 2. The van der Waals surface area contributed by atoms with E-state index in [4.69, 9.17) is 5.73 Å². The normalized spacial score (nSPS) is 17.2. The molecule has 1 aromatic rings. The summed E-state index contributed by atoms with van der Waals surface area (Å²) < 4.78 is 0. The van der Waals surface area contributed by atoms with E-state index in [1.807, 2.05) is 6.20 Å². The zero-order valence-electron chi connectivity index (χ0n) is 6.99. The Balaban J connectivity index is 2.11. The molecule has 2 heterocycles. The monoisotopic (exact) mass is 183 g/mol. The lowest BCUT2D eigenvalue weighted by Gasteiger charge is -2.11. The summed E-state index contributed by atoms with van der Waals surface area (Å²) in [7, 11) is 0. The fourth-order valence-electron chi connectivity index (χ4n) is 1.45. The summed E-state index contributed by atoms with van der Waals surface area (Å²) in [4.78, 5) is 7.85. The van der Waals surface area contributed by atoms with Gasteiger partial charge in [-0.05, 0) is 12.8 Å². The van der Waals surface area contributed by atoms with Crippen LogP contribution in [0.4, 0.5) is 5.13 Å². The third-order valence-corrected chi connectivity index (χ3v) is 3.20. The summed E-state index contributed by atoms with van der Waals surface area (Å²) in [6.07, 6.45) is 4.49. The fourth-order valence-corrected chi connectivity index (χ4v) is 2.29. The van der Waals surface area contributed by atoms with E-state index in [1.165, 1.54) is 17.7 Å². The van der Waals surface area contributed by atoms with Crippen LogP contribution in [0.15, 0.2) is 6.20 Å². The molecule has 3 nitrogen and oxygen atoms in total. The largest absolute Gasteiger partial charge is 0.348 e. The second kappa shape index (κ2) is 3.41. The average molecular weight is 183 g/mol. The highest BCUT2D eigenvalue weighted by atomic mass is 32.1. The van der Waals surface area contributed by atoms with E-state index < -0.39 is 0 Å². The Morgan fingerprint density at radius 3 is 2.83 bits per heavy atom. The molecule has 1 aliphatic heterocycles. The van der Waals surface area contributed by atoms with Gasteiger partial charge in [-0.1, -0.05) is 0 Å². The van der Waals surface area contributed by atoms with Gasteiger partial charge in [0.15, 0.2) is 5.13 Å². The van der Waals surface area contributed by atoms with E-state index in [1.54, 1.807) is 11.3 Å². The van der Waals surface area contributed by atoms with Gasteiger partial charge >= 0.3 is 0 Å². The summed E-state index contributed by atoms with van der Waals surface area (Å²) in [5.74, 6) is 0. The molecule has 0 aliphatic carbocycles. The lowest BCUT2D eigenvalue weighted by atomic mass is 10.4. The van der Waals surface area contributed by atoms with Crippen molar-refractivity contribution in [2.24, 2.45) is 5.73 Å². The first kappa shape index (κ1) is 8.01. The molecule has 2 rings (SSSR count). The quantitative estimate of drug-likeness (QED) is 0.749. The SMILES string of the molecule is NCc1cnc(N2CCCC2)s1. The lowest BCUT2D eigenvalue weighted by Crippen LogP contribution is -2.16. The minimum Gasteiger partial charge on any atom is -0.348 e. The number of nitrogens with two attached hydrogens (primary N) is 1. The second-order valence-corrected chi connectivity index (χ2v) is 4.10. The van der Waals surface area contributed by atoms with Crippen LogP contribution in [0.2, 0.25) is 0 Å². The summed E-state index contributed by atoms with van der Waals surface area (Å²) in [6, 6.07) is 0. The third kappa shape index (κ3) is 1.44. The number of hydrogen-bond acceptors (Lipinski definition) is 4. The summed E-state index contributed by atoms with van der Waals surface area (Å²) >= 11 is 1.72. The van der Waals surface area contributed by atoms with Crippen LogP contribution in [-0.2, 0) is 6.54 Å². The molecular weight excluding hydrogens is 170 g/mol. The van der Waals surface area contributed by atoms with Crippen molar-refractivity contribution in [3.63, 3.8) is 0 Å². The molecule has 0 amide bonds. The minimum absolute atomic E-state index is 0.617. The van der Waals surface area contributed by atoms with Crippen LogP contribution >= 0.6 is 11.3 Å². The molecule has 0 aromatic carbocycles. The number of hydrogen-bond donors (Lipinski definition) is 1. The van der Waals surface area contributed by atoms with Crippen molar-refractivity contribution in [2.75, 3.05) is 18.0 Å². The highest BCUT2D eigenvalue weighted by molar-refractivity contribution is 7.15. The van der Waals surface area contributed by atoms with Crippen molar-refractivity contribution in [1.82, 2.24) is 4.98 Å². The van der Waals surface area contributed by atoms with Gasteiger partial charge in [-0.2, -0.15) is 0 Å². The molecule has 0 atom stereocenters. The maximum Gasteiger partial charge on any atom is 0.185 e. The number of thiazole rings is 1. The van der Waals surface area contributed by atoms with Gasteiger partial charge in [0, 0.05) is 30.7 Å². The number of anilines is 1. The van der Waals surface area contributed by atoms with Gasteiger partial charge in [0.05, 0.1) is 0 Å². The first-order chi connectivity index (χ1) is 5.90. The molecule has 1 aromatic heterocycles. The van der Waals surface area contributed by atoms with Crippen molar-refractivity contribution in [2.45, 2.75) is 19.4 Å². The van der Waals surface area contributed by atoms with Gasteiger partial charge in [-0.3, -0.25) is 0 Å². The molecular formula is C8H13N3S. The molecule has 0 spiro atoms. The molecule has 1 fully saturated rings. The van der Waals surface area contributed by atoms with Crippen LogP contribution in [0, 0.1) is 0 Å². The first-order valence-electron chi connectivity index (χ1n) is 4.30. The predicted molar refractivity (Wildman–Crippen MR) is 51.5 cm³/mol. The second-order valence-electron chi connectivity index (χ2n) is 3.01. The highest BCUT2D eigenvalue weighted by Crippen LogP contribution is 2.25. The van der Waals surface area contributed by atoms with E-state index in [0.717, 1.165) is 18.2 Å². The zero-order chi connectivity index (χ0) is 8.39. The van der Waals surface area contributed by atoms with Gasteiger partial charge in [-0.15, -0.1) is 11.3 Å². The van der Waals surface area contributed by atoms with Crippen LogP contribution in [0.5, 0.6) is 0 Å². The summed E-state index contributed by atoms with van der Waals surface area (Å²) in [5.41, 5.74) is 5.51. The van der Waals surface area contributed by atoms with E-state index in [0.29, 0.717) is 6.54 Å². The van der Waals surface area contributed by atoms with Crippen molar-refractivity contribution in [3.05, 3.63) is 11.1 Å². The van der Waals surface area contributed by atoms with Crippen LogP contribution in [0.1, 0.15) is 17.7 Å². The van der Waals surface area contributed by atoms with Crippen molar-refractivity contribution >= 4 is 16.5 Å². The van der Waals surface area contributed by atoms with E-state index >= 15 is 0 Å². The van der Waals surface area contributed by atoms with E-state index in [2.05, 4.69) is 9.88 Å². The summed E-state index contributed by atoms with van der Waals surface area (Å²) in [5, 5.41) is 1.15. The Kier molecular flexibility index (Phi) is 2.28. The molecule has 1 aliphatic rings. The Bertz CT molecular complexity index is 253. The van der Waals surface area contributed by atoms with Crippen molar-refractivity contribution < 1.29 is 0 Å². The van der Waals surface area contributed by atoms with Crippen molar-refractivity contribution in [1.29, 1.82) is 0 Å². The predicted octanol–water partition coefficient (Wildman–Crippen LogP) is 1.20. The van der Waals surface area contributed by atoms with E-state index in [9.17, 15) is 0 Å². The lowest BCUT2D eigenvalue weighted by molar-refractivity contribution is 0.949. The molecule has 66 valence electrons. The number of aromatic nitrogens is 1. The maximum absolute atomic E-state index is 5.51. The smallest absolute Gasteiger partial charge is 0.185 e. The molecule has 4 heteroatoms. The molecule has 0 unspecified atom stereocenters. The minimum atomic E-state index is 0.617. The fraction of sp³-hybridized carbons (Fsp3) is 0.625. The number of nitrogens with zero attached hydrogens (tertiary/aromatic N) is 2. The molecule has 0 radical (unpaired) electrons. The van der Waals surface area contributed by atoms with Gasteiger partial charge in [0.25, 0.3) is 0 Å². The molecule has 12 heavy (non-hydrogen) atoms. The Hall–Kier alpha value is -0.610. The van der Waals surface area contributed by atoms with Gasteiger partial charge in [0.1, 0.15) is 0 Å². The Morgan fingerprint density at radius 1 is 1.50 bits per heavy atom.